The van der Waals surface area contributed by atoms with Crippen LogP contribution in [0, 0.1) is 5.92 Å². The fraction of sp³-hybridized carbons (Fsp3) is 1.00. The molecule has 0 spiro atoms. The second-order valence-electron chi connectivity index (χ2n) is 8.42. The van der Waals surface area contributed by atoms with Gasteiger partial charge in [-0.05, 0) is 79.3 Å². The predicted molar refractivity (Wildman–Crippen MR) is 86.9 cm³/mol. The Hall–Kier alpha value is -0.120. The van der Waals surface area contributed by atoms with Crippen molar-refractivity contribution in [2.45, 2.75) is 71.4 Å². The molecule has 1 atom stereocenters. The minimum absolute atomic E-state index is 0.329. The van der Waals surface area contributed by atoms with Gasteiger partial charge in [-0.15, -0.1) is 0 Å². The Morgan fingerprint density at radius 1 is 1.00 bits per heavy atom. The lowest BCUT2D eigenvalue weighted by Crippen LogP contribution is -2.55. The molecule has 0 amide bonds. The van der Waals surface area contributed by atoms with Crippen molar-refractivity contribution in [2.24, 2.45) is 5.92 Å². The molecule has 3 nitrogen and oxygen atoms in total. The van der Waals surface area contributed by atoms with Gasteiger partial charge >= 0.3 is 0 Å². The third-order valence-corrected chi connectivity index (χ3v) is 5.20. The van der Waals surface area contributed by atoms with Gasteiger partial charge in [-0.25, -0.2) is 0 Å². The maximum atomic E-state index is 3.53. The summed E-state index contributed by atoms with van der Waals surface area (Å²) in [5.41, 5.74) is 0.661. The minimum atomic E-state index is 0.329. The highest BCUT2D eigenvalue weighted by atomic mass is 15.3. The molecule has 2 rings (SSSR count). The van der Waals surface area contributed by atoms with Crippen molar-refractivity contribution >= 4 is 0 Å². The van der Waals surface area contributed by atoms with Crippen molar-refractivity contribution in [3.8, 4) is 0 Å². The second kappa shape index (κ2) is 6.33. The van der Waals surface area contributed by atoms with Gasteiger partial charge in [0.2, 0.25) is 0 Å². The molecule has 118 valence electrons. The Bertz CT molecular complexity index is 300. The number of nitrogens with zero attached hydrogens (tertiary/aromatic N) is 2. The van der Waals surface area contributed by atoms with Gasteiger partial charge in [0.15, 0.2) is 0 Å². The quantitative estimate of drug-likeness (QED) is 0.858. The van der Waals surface area contributed by atoms with Crippen LogP contribution in [0.4, 0.5) is 0 Å². The van der Waals surface area contributed by atoms with E-state index in [0.717, 1.165) is 12.6 Å². The van der Waals surface area contributed by atoms with Crippen LogP contribution in [-0.2, 0) is 0 Å². The van der Waals surface area contributed by atoms with Crippen molar-refractivity contribution in [1.82, 2.24) is 15.1 Å². The lowest BCUT2D eigenvalue weighted by atomic mass is 9.83. The van der Waals surface area contributed by atoms with Gasteiger partial charge in [0.05, 0.1) is 0 Å². The summed E-state index contributed by atoms with van der Waals surface area (Å²) in [5.74, 6) is 0.861. The largest absolute Gasteiger partial charge is 0.304 e. The van der Waals surface area contributed by atoms with E-state index in [0.29, 0.717) is 11.1 Å². The van der Waals surface area contributed by atoms with Crippen molar-refractivity contribution in [1.29, 1.82) is 0 Å². The number of rotatable bonds is 3. The van der Waals surface area contributed by atoms with Gasteiger partial charge in [0.1, 0.15) is 0 Å². The molecule has 2 aliphatic rings. The number of nitrogens with one attached hydrogen (secondary N) is 1. The van der Waals surface area contributed by atoms with Crippen LogP contribution < -0.4 is 5.32 Å². The van der Waals surface area contributed by atoms with E-state index in [1.807, 2.05) is 0 Å². The smallest absolute Gasteiger partial charge is 0.0485 e. The van der Waals surface area contributed by atoms with Crippen molar-refractivity contribution in [3.05, 3.63) is 0 Å². The highest BCUT2D eigenvalue weighted by molar-refractivity contribution is 4.89. The van der Waals surface area contributed by atoms with Crippen LogP contribution in [0.15, 0.2) is 0 Å². The summed E-state index contributed by atoms with van der Waals surface area (Å²) in [7, 11) is 0. The summed E-state index contributed by atoms with van der Waals surface area (Å²) < 4.78 is 0. The predicted octanol–water partition coefficient (Wildman–Crippen LogP) is 2.92. The Kier molecular flexibility index (Phi) is 5.14. The van der Waals surface area contributed by atoms with Crippen molar-refractivity contribution in [2.75, 3.05) is 32.8 Å². The number of hydrogen-bond donors (Lipinski definition) is 1. The number of likely N-dealkylation sites (tertiary alicyclic amines) is 1. The van der Waals surface area contributed by atoms with Gasteiger partial charge in [-0.3, -0.25) is 9.80 Å². The number of hydrogen-bond acceptors (Lipinski definition) is 3. The molecule has 0 aromatic heterocycles. The van der Waals surface area contributed by atoms with Gasteiger partial charge in [-0.1, -0.05) is 0 Å². The minimum Gasteiger partial charge on any atom is -0.304 e. The van der Waals surface area contributed by atoms with E-state index >= 15 is 0 Å². The first-order valence-corrected chi connectivity index (χ1v) is 8.50. The van der Waals surface area contributed by atoms with E-state index in [-0.39, 0.29) is 0 Å². The molecule has 2 saturated heterocycles. The molecule has 1 N–H and O–H groups in total. The molecule has 0 bridgehead atoms. The topological polar surface area (TPSA) is 18.5 Å². The Morgan fingerprint density at radius 3 is 2.30 bits per heavy atom. The lowest BCUT2D eigenvalue weighted by Gasteiger charge is -2.47. The highest BCUT2D eigenvalue weighted by Crippen LogP contribution is 2.31. The first-order chi connectivity index (χ1) is 9.29. The fourth-order valence-corrected chi connectivity index (χ4v) is 3.88. The van der Waals surface area contributed by atoms with Gasteiger partial charge < -0.3 is 5.32 Å². The molecular weight excluding hydrogens is 246 g/mol. The van der Waals surface area contributed by atoms with E-state index in [9.17, 15) is 0 Å². The monoisotopic (exact) mass is 281 g/mol. The molecule has 2 aliphatic heterocycles. The summed E-state index contributed by atoms with van der Waals surface area (Å²) in [6.07, 6.45) is 5.41. The van der Waals surface area contributed by atoms with Crippen molar-refractivity contribution < 1.29 is 0 Å². The van der Waals surface area contributed by atoms with E-state index in [1.165, 1.54) is 51.9 Å². The summed E-state index contributed by atoms with van der Waals surface area (Å²) in [4.78, 5) is 5.33. The SMILES string of the molecule is CC(C)(C)N1CCCC(CC(C)(C)N2CCCNC2)C1. The van der Waals surface area contributed by atoms with Crippen LogP contribution in [-0.4, -0.2) is 53.7 Å². The summed E-state index contributed by atoms with van der Waals surface area (Å²) in [6, 6.07) is 0. The normalized spacial score (nSPS) is 27.8. The molecule has 1 unspecified atom stereocenters. The number of piperidine rings is 1. The standard InChI is InChI=1S/C17H35N3/c1-16(2,3)19-10-6-8-15(13-19)12-17(4,5)20-11-7-9-18-14-20/h15,18H,6-14H2,1-5H3. The summed E-state index contributed by atoms with van der Waals surface area (Å²) in [6.45, 7) is 18.0. The zero-order valence-corrected chi connectivity index (χ0v) is 14.3. The zero-order chi connectivity index (χ0) is 14.8. The van der Waals surface area contributed by atoms with Crippen molar-refractivity contribution in [3.63, 3.8) is 0 Å². The van der Waals surface area contributed by atoms with Crippen LogP contribution in [0.2, 0.25) is 0 Å². The van der Waals surface area contributed by atoms with Gasteiger partial charge in [-0.2, -0.15) is 0 Å². The summed E-state index contributed by atoms with van der Waals surface area (Å²) >= 11 is 0. The van der Waals surface area contributed by atoms with E-state index < -0.39 is 0 Å². The Morgan fingerprint density at radius 2 is 1.70 bits per heavy atom. The molecule has 0 aromatic carbocycles. The molecule has 0 aromatic rings. The maximum Gasteiger partial charge on any atom is 0.0485 e. The van der Waals surface area contributed by atoms with Crippen LogP contribution in [0.3, 0.4) is 0 Å². The lowest BCUT2D eigenvalue weighted by molar-refractivity contribution is 0.0285. The molecule has 0 saturated carbocycles. The third kappa shape index (κ3) is 4.19. The van der Waals surface area contributed by atoms with E-state index in [2.05, 4.69) is 49.7 Å². The summed E-state index contributed by atoms with van der Waals surface area (Å²) in [5, 5.41) is 3.53. The molecule has 0 radical (unpaired) electrons. The molecule has 20 heavy (non-hydrogen) atoms. The fourth-order valence-electron chi connectivity index (χ4n) is 3.88. The van der Waals surface area contributed by atoms with Crippen LogP contribution in [0.25, 0.3) is 0 Å². The molecular formula is C17H35N3. The van der Waals surface area contributed by atoms with E-state index in [1.54, 1.807) is 0 Å². The van der Waals surface area contributed by atoms with Crippen LogP contribution in [0.1, 0.15) is 60.3 Å². The first kappa shape index (κ1) is 16.3. The molecule has 3 heteroatoms. The average Bonchev–Trinajstić information content (AvgIpc) is 2.38. The van der Waals surface area contributed by atoms with Gasteiger partial charge in [0, 0.05) is 30.8 Å². The van der Waals surface area contributed by atoms with Crippen LogP contribution in [0.5, 0.6) is 0 Å². The highest BCUT2D eigenvalue weighted by Gasteiger charge is 2.34. The first-order valence-electron chi connectivity index (χ1n) is 8.50. The van der Waals surface area contributed by atoms with Crippen LogP contribution >= 0.6 is 0 Å². The molecule has 0 aliphatic carbocycles. The van der Waals surface area contributed by atoms with E-state index in [4.69, 9.17) is 0 Å². The maximum absolute atomic E-state index is 3.53. The second-order valence-corrected chi connectivity index (χ2v) is 8.42. The molecule has 2 heterocycles. The Labute approximate surface area is 126 Å². The third-order valence-electron chi connectivity index (χ3n) is 5.20. The average molecular weight is 281 g/mol. The van der Waals surface area contributed by atoms with Gasteiger partial charge in [0.25, 0.3) is 0 Å². The Balaban J connectivity index is 1.91. The zero-order valence-electron chi connectivity index (χ0n) is 14.3. The molecule has 2 fully saturated rings.